The van der Waals surface area contributed by atoms with Crippen LogP contribution in [0.25, 0.3) is 0 Å². The van der Waals surface area contributed by atoms with Crippen molar-refractivity contribution in [3.8, 4) is 0 Å². The summed E-state index contributed by atoms with van der Waals surface area (Å²) in [5.74, 6) is 0.590. The predicted octanol–water partition coefficient (Wildman–Crippen LogP) is 4.17. The van der Waals surface area contributed by atoms with E-state index < -0.39 is 0 Å². The molecule has 1 aliphatic rings. The van der Waals surface area contributed by atoms with Crippen LogP contribution in [0.5, 0.6) is 0 Å². The quantitative estimate of drug-likeness (QED) is 0.830. The zero-order chi connectivity index (χ0) is 15.4. The van der Waals surface area contributed by atoms with E-state index in [2.05, 4.69) is 29.4 Å². The molecule has 0 spiro atoms. The van der Waals surface area contributed by atoms with Crippen molar-refractivity contribution in [2.75, 3.05) is 13.1 Å². The molecule has 0 amide bonds. The first-order valence-electron chi connectivity index (χ1n) is 7.71. The summed E-state index contributed by atoms with van der Waals surface area (Å²) in [7, 11) is 0. The van der Waals surface area contributed by atoms with Crippen LogP contribution in [-0.2, 0) is 0 Å². The fourth-order valence-electron chi connectivity index (χ4n) is 1.61. The average molecular weight is 267 g/mol. The topological polar surface area (TPSA) is 37.8 Å². The molecule has 1 aliphatic heterocycles. The van der Waals surface area contributed by atoms with E-state index in [0.717, 1.165) is 18.8 Å². The third-order valence-corrected chi connectivity index (χ3v) is 2.97. The molecule has 0 aliphatic carbocycles. The molecule has 0 unspecified atom stereocenters. The monoisotopic (exact) mass is 267 g/mol. The number of aryl methyl sites for hydroxylation is 1. The summed E-state index contributed by atoms with van der Waals surface area (Å²) in [6.07, 6.45) is 0. The van der Waals surface area contributed by atoms with Gasteiger partial charge >= 0.3 is 0 Å². The van der Waals surface area contributed by atoms with E-state index in [1.807, 2.05) is 48.5 Å². The van der Waals surface area contributed by atoms with Gasteiger partial charge < -0.3 is 5.32 Å². The van der Waals surface area contributed by atoms with Crippen LogP contribution < -0.4 is 5.32 Å². The van der Waals surface area contributed by atoms with Gasteiger partial charge in [0.1, 0.15) is 0 Å². The number of nitrogens with zero attached hydrogens (tertiary/aromatic N) is 2. The highest BCUT2D eigenvalue weighted by Gasteiger charge is 2.23. The molecule has 0 aromatic carbocycles. The van der Waals surface area contributed by atoms with Crippen molar-refractivity contribution in [1.82, 2.24) is 15.5 Å². The lowest BCUT2D eigenvalue weighted by molar-refractivity contribution is 0.433. The minimum Gasteiger partial charge on any atom is -0.315 e. The van der Waals surface area contributed by atoms with Gasteiger partial charge in [0.15, 0.2) is 0 Å². The summed E-state index contributed by atoms with van der Waals surface area (Å²) >= 11 is 0. The smallest absolute Gasteiger partial charge is 0.0719 e. The van der Waals surface area contributed by atoms with Crippen LogP contribution in [-0.4, -0.2) is 23.3 Å². The molecule has 0 bridgehead atoms. The van der Waals surface area contributed by atoms with E-state index in [1.54, 1.807) is 0 Å². The van der Waals surface area contributed by atoms with Crippen molar-refractivity contribution >= 4 is 0 Å². The predicted molar refractivity (Wildman–Crippen MR) is 85.9 cm³/mol. The van der Waals surface area contributed by atoms with Gasteiger partial charge in [-0.2, -0.15) is 10.2 Å². The fraction of sp³-hybridized carbons (Fsp3) is 0.750. The van der Waals surface area contributed by atoms with Crippen LogP contribution in [0.3, 0.4) is 0 Å². The van der Waals surface area contributed by atoms with Crippen molar-refractivity contribution < 1.29 is 0 Å². The Morgan fingerprint density at radius 1 is 0.789 bits per heavy atom. The second kappa shape index (κ2) is 12.1. The lowest BCUT2D eigenvalue weighted by Crippen LogP contribution is -2.41. The van der Waals surface area contributed by atoms with Gasteiger partial charge in [-0.3, -0.25) is 0 Å². The van der Waals surface area contributed by atoms with Crippen molar-refractivity contribution in [1.29, 1.82) is 0 Å². The van der Waals surface area contributed by atoms with Gasteiger partial charge in [0, 0.05) is 19.0 Å². The third kappa shape index (κ3) is 5.68. The molecular formula is C16H33N3. The third-order valence-electron chi connectivity index (χ3n) is 2.97. The summed E-state index contributed by atoms with van der Waals surface area (Å²) in [6, 6.07) is 0. The molecule has 1 saturated heterocycles. The van der Waals surface area contributed by atoms with E-state index in [1.165, 1.54) is 16.8 Å². The fourth-order valence-corrected chi connectivity index (χ4v) is 1.61. The molecule has 1 aromatic heterocycles. The molecule has 3 heteroatoms. The Morgan fingerprint density at radius 3 is 1.63 bits per heavy atom. The number of hydrogen-bond acceptors (Lipinski definition) is 3. The first-order chi connectivity index (χ1) is 9.20. The summed E-state index contributed by atoms with van der Waals surface area (Å²) in [5.41, 5.74) is 4.84. The second-order valence-electron chi connectivity index (χ2n) is 3.78. The minimum atomic E-state index is 0.590. The normalized spacial score (nSPS) is 12.7. The summed E-state index contributed by atoms with van der Waals surface area (Å²) < 4.78 is 0. The molecule has 1 N–H and O–H groups in total. The first kappa shape index (κ1) is 20.4. The Kier molecular flexibility index (Phi) is 13.0. The van der Waals surface area contributed by atoms with Gasteiger partial charge in [-0.25, -0.2) is 0 Å². The molecule has 1 fully saturated rings. The SMILES string of the molecule is CC.CC.CC.Cc1nnc(C2CNC2)c(C)c1C. The molecule has 3 nitrogen and oxygen atoms in total. The Morgan fingerprint density at radius 2 is 1.26 bits per heavy atom. The second-order valence-corrected chi connectivity index (χ2v) is 3.78. The average Bonchev–Trinajstić information content (AvgIpc) is 2.44. The van der Waals surface area contributed by atoms with Crippen molar-refractivity contribution in [2.24, 2.45) is 0 Å². The maximum Gasteiger partial charge on any atom is 0.0719 e. The minimum absolute atomic E-state index is 0.590. The summed E-state index contributed by atoms with van der Waals surface area (Å²) in [6.45, 7) is 20.4. The van der Waals surface area contributed by atoms with Crippen molar-refractivity contribution in [3.05, 3.63) is 22.5 Å². The lowest BCUT2D eigenvalue weighted by atomic mass is 9.93. The molecule has 1 aromatic rings. The van der Waals surface area contributed by atoms with Gasteiger partial charge in [0.2, 0.25) is 0 Å². The molecule has 112 valence electrons. The molecule has 0 radical (unpaired) electrons. The Labute approximate surface area is 120 Å². The largest absolute Gasteiger partial charge is 0.315 e. The number of nitrogens with one attached hydrogen (secondary N) is 1. The Bertz CT molecular complexity index is 331. The summed E-state index contributed by atoms with van der Waals surface area (Å²) in [4.78, 5) is 0. The van der Waals surface area contributed by atoms with Gasteiger partial charge in [-0.05, 0) is 31.9 Å². The number of rotatable bonds is 1. The summed E-state index contributed by atoms with van der Waals surface area (Å²) in [5, 5.41) is 11.7. The molecular weight excluding hydrogens is 234 g/mol. The maximum atomic E-state index is 4.27. The molecule has 2 heterocycles. The van der Waals surface area contributed by atoms with E-state index >= 15 is 0 Å². The Hall–Kier alpha value is -0.960. The van der Waals surface area contributed by atoms with Gasteiger partial charge in [0.05, 0.1) is 11.4 Å². The standard InChI is InChI=1S/C10H15N3.3C2H6/c1-6-7(2)10(9-4-11-5-9)13-12-8(6)3;3*1-2/h9,11H,4-5H2,1-3H3;3*1-2H3. The molecule has 2 rings (SSSR count). The van der Waals surface area contributed by atoms with Crippen LogP contribution in [0.15, 0.2) is 0 Å². The van der Waals surface area contributed by atoms with Crippen molar-refractivity contribution in [2.45, 2.75) is 68.2 Å². The highest BCUT2D eigenvalue weighted by atomic mass is 15.1. The van der Waals surface area contributed by atoms with Gasteiger partial charge in [-0.1, -0.05) is 41.5 Å². The van der Waals surface area contributed by atoms with Gasteiger partial charge in [-0.15, -0.1) is 0 Å². The zero-order valence-electron chi connectivity index (χ0n) is 14.4. The van der Waals surface area contributed by atoms with Crippen molar-refractivity contribution in [3.63, 3.8) is 0 Å². The number of aromatic nitrogens is 2. The number of hydrogen-bond donors (Lipinski definition) is 1. The van der Waals surface area contributed by atoms with E-state index in [-0.39, 0.29) is 0 Å². The van der Waals surface area contributed by atoms with Crippen LogP contribution in [0, 0.1) is 20.8 Å². The van der Waals surface area contributed by atoms with Crippen LogP contribution in [0.1, 0.15) is 70.0 Å². The first-order valence-corrected chi connectivity index (χ1v) is 7.71. The zero-order valence-corrected chi connectivity index (χ0v) is 14.4. The van der Waals surface area contributed by atoms with E-state index in [0.29, 0.717) is 5.92 Å². The van der Waals surface area contributed by atoms with E-state index in [9.17, 15) is 0 Å². The van der Waals surface area contributed by atoms with Crippen LogP contribution >= 0.6 is 0 Å². The maximum absolute atomic E-state index is 4.27. The highest BCUT2D eigenvalue weighted by molar-refractivity contribution is 5.33. The van der Waals surface area contributed by atoms with Gasteiger partial charge in [0.25, 0.3) is 0 Å². The van der Waals surface area contributed by atoms with Crippen LogP contribution in [0.2, 0.25) is 0 Å². The molecule has 19 heavy (non-hydrogen) atoms. The Balaban J connectivity index is 0. The van der Waals surface area contributed by atoms with Crippen LogP contribution in [0.4, 0.5) is 0 Å². The molecule has 0 saturated carbocycles. The lowest BCUT2D eigenvalue weighted by Gasteiger charge is -2.27. The van der Waals surface area contributed by atoms with E-state index in [4.69, 9.17) is 0 Å². The molecule has 0 atom stereocenters. The highest BCUT2D eigenvalue weighted by Crippen LogP contribution is 2.23.